The fraction of sp³-hybridized carbons (Fsp3) is 0.278. The molecule has 1 aliphatic heterocycles. The highest BCUT2D eigenvalue weighted by Gasteiger charge is 2.33. The average molecular weight is 433 g/mol. The number of amides is 1. The van der Waals surface area contributed by atoms with Crippen molar-refractivity contribution in [2.45, 2.75) is 17.5 Å². The molecule has 1 amide bonds. The van der Waals surface area contributed by atoms with E-state index in [0.717, 1.165) is 18.2 Å². The van der Waals surface area contributed by atoms with E-state index < -0.39 is 26.7 Å². The summed E-state index contributed by atoms with van der Waals surface area (Å²) in [5, 5.41) is 0.529. The number of nitrogens with zero attached hydrogens (tertiary/aromatic N) is 1. The Bertz CT molecular complexity index is 978. The van der Waals surface area contributed by atoms with Crippen LogP contribution in [0.2, 0.25) is 5.02 Å². The van der Waals surface area contributed by atoms with Gasteiger partial charge in [0.05, 0.1) is 10.5 Å². The quantitative estimate of drug-likeness (QED) is 0.783. The van der Waals surface area contributed by atoms with Crippen LogP contribution in [0.4, 0.5) is 18.9 Å². The maximum atomic E-state index is 12.8. The zero-order valence-corrected chi connectivity index (χ0v) is 16.0. The standard InChI is InChI=1S/C18H16ClF3N2O3S/c19-14-4-6-15(7-5-14)24-11-12(8-17(24)25)10-23-28(26,27)16-3-1-2-13(9-16)18(20,21)22/h1-7,9,12,23H,8,10-11H2. The van der Waals surface area contributed by atoms with Crippen LogP contribution in [0.5, 0.6) is 0 Å². The first kappa shape index (κ1) is 20.6. The lowest BCUT2D eigenvalue weighted by molar-refractivity contribution is -0.137. The van der Waals surface area contributed by atoms with Gasteiger partial charge in [-0.2, -0.15) is 13.2 Å². The predicted molar refractivity (Wildman–Crippen MR) is 98.5 cm³/mol. The van der Waals surface area contributed by atoms with Gasteiger partial charge in [-0.25, -0.2) is 13.1 Å². The van der Waals surface area contributed by atoms with E-state index in [-0.39, 0.29) is 24.8 Å². The Labute approximate surface area is 165 Å². The van der Waals surface area contributed by atoms with Crippen molar-refractivity contribution in [1.29, 1.82) is 0 Å². The third kappa shape index (κ3) is 4.65. The number of anilines is 1. The number of carbonyl (C=O) groups excluding carboxylic acids is 1. The summed E-state index contributed by atoms with van der Waals surface area (Å²) < 4.78 is 65.4. The van der Waals surface area contributed by atoms with Crippen LogP contribution in [-0.4, -0.2) is 27.4 Å². The summed E-state index contributed by atoms with van der Waals surface area (Å²) in [6.45, 7) is 0.236. The second kappa shape index (κ2) is 7.73. The topological polar surface area (TPSA) is 66.5 Å². The fourth-order valence-corrected chi connectivity index (χ4v) is 4.23. The molecule has 1 unspecified atom stereocenters. The van der Waals surface area contributed by atoms with Crippen LogP contribution in [0.3, 0.4) is 0 Å². The second-order valence-electron chi connectivity index (χ2n) is 6.43. The molecular weight excluding hydrogens is 417 g/mol. The SMILES string of the molecule is O=C1CC(CNS(=O)(=O)c2cccc(C(F)(F)F)c2)CN1c1ccc(Cl)cc1. The number of rotatable bonds is 5. The van der Waals surface area contributed by atoms with Gasteiger partial charge in [0.2, 0.25) is 15.9 Å². The molecule has 0 bridgehead atoms. The molecule has 0 spiro atoms. The molecule has 0 aromatic heterocycles. The molecule has 0 radical (unpaired) electrons. The lowest BCUT2D eigenvalue weighted by Gasteiger charge is -2.17. The summed E-state index contributed by atoms with van der Waals surface area (Å²) in [5.41, 5.74) is -0.391. The first-order valence-electron chi connectivity index (χ1n) is 8.29. The van der Waals surface area contributed by atoms with E-state index >= 15 is 0 Å². The third-order valence-corrected chi connectivity index (χ3v) is 6.05. The van der Waals surface area contributed by atoms with Crippen molar-refractivity contribution in [2.75, 3.05) is 18.0 Å². The number of sulfonamides is 1. The van der Waals surface area contributed by atoms with Crippen molar-refractivity contribution in [3.8, 4) is 0 Å². The normalized spacial score (nSPS) is 17.9. The molecule has 1 fully saturated rings. The van der Waals surface area contributed by atoms with Gasteiger partial charge in [0, 0.05) is 30.2 Å². The zero-order valence-electron chi connectivity index (χ0n) is 14.4. The van der Waals surface area contributed by atoms with E-state index in [2.05, 4.69) is 4.72 Å². The molecule has 0 saturated carbocycles. The smallest absolute Gasteiger partial charge is 0.312 e. The minimum atomic E-state index is -4.64. The van der Waals surface area contributed by atoms with Gasteiger partial charge in [0.1, 0.15) is 0 Å². The lowest BCUT2D eigenvalue weighted by atomic mass is 10.1. The highest BCUT2D eigenvalue weighted by molar-refractivity contribution is 7.89. The molecule has 1 saturated heterocycles. The van der Waals surface area contributed by atoms with Gasteiger partial charge in [-0.05, 0) is 48.4 Å². The van der Waals surface area contributed by atoms with Gasteiger partial charge in [-0.1, -0.05) is 17.7 Å². The van der Waals surface area contributed by atoms with Crippen molar-refractivity contribution >= 4 is 33.2 Å². The zero-order chi connectivity index (χ0) is 20.5. The molecule has 28 heavy (non-hydrogen) atoms. The minimum absolute atomic E-state index is 0.0611. The number of carbonyl (C=O) groups is 1. The Morgan fingerprint density at radius 2 is 1.82 bits per heavy atom. The highest BCUT2D eigenvalue weighted by Crippen LogP contribution is 2.31. The van der Waals surface area contributed by atoms with Crippen LogP contribution in [0.15, 0.2) is 53.4 Å². The van der Waals surface area contributed by atoms with Crippen LogP contribution < -0.4 is 9.62 Å². The van der Waals surface area contributed by atoms with Gasteiger partial charge in [0.25, 0.3) is 0 Å². The molecule has 0 aliphatic carbocycles. The first-order valence-corrected chi connectivity index (χ1v) is 10.2. The van der Waals surface area contributed by atoms with E-state index in [0.29, 0.717) is 23.3 Å². The largest absolute Gasteiger partial charge is 0.416 e. The Balaban J connectivity index is 1.67. The van der Waals surface area contributed by atoms with Gasteiger partial charge in [-0.15, -0.1) is 0 Å². The van der Waals surface area contributed by atoms with Gasteiger partial charge >= 0.3 is 6.18 Å². The molecule has 2 aromatic rings. The Morgan fingerprint density at radius 3 is 2.46 bits per heavy atom. The minimum Gasteiger partial charge on any atom is -0.312 e. The maximum Gasteiger partial charge on any atom is 0.416 e. The Kier molecular flexibility index (Phi) is 5.69. The Morgan fingerprint density at radius 1 is 1.14 bits per heavy atom. The lowest BCUT2D eigenvalue weighted by Crippen LogP contribution is -2.31. The molecule has 150 valence electrons. The van der Waals surface area contributed by atoms with Crippen molar-refractivity contribution < 1.29 is 26.4 Å². The van der Waals surface area contributed by atoms with E-state index in [1.807, 2.05) is 0 Å². The molecule has 5 nitrogen and oxygen atoms in total. The van der Waals surface area contributed by atoms with E-state index in [4.69, 9.17) is 11.6 Å². The molecule has 1 heterocycles. The van der Waals surface area contributed by atoms with Crippen molar-refractivity contribution in [2.24, 2.45) is 5.92 Å². The van der Waals surface area contributed by atoms with Gasteiger partial charge < -0.3 is 4.90 Å². The molecule has 1 aliphatic rings. The number of hydrogen-bond donors (Lipinski definition) is 1. The predicted octanol–water partition coefficient (Wildman–Crippen LogP) is 3.69. The molecular formula is C18H16ClF3N2O3S. The number of nitrogens with one attached hydrogen (secondary N) is 1. The Hall–Kier alpha value is -2.10. The molecule has 10 heteroatoms. The van der Waals surface area contributed by atoms with Crippen molar-refractivity contribution in [3.63, 3.8) is 0 Å². The average Bonchev–Trinajstić information content (AvgIpc) is 3.01. The van der Waals surface area contributed by atoms with Crippen LogP contribution >= 0.6 is 11.6 Å². The number of benzene rings is 2. The molecule has 1 atom stereocenters. The summed E-state index contributed by atoms with van der Waals surface area (Å²) >= 11 is 5.83. The number of halogens is 4. The summed E-state index contributed by atoms with van der Waals surface area (Å²) in [5.74, 6) is -0.464. The van der Waals surface area contributed by atoms with Crippen LogP contribution in [0.25, 0.3) is 0 Å². The summed E-state index contributed by atoms with van der Waals surface area (Å²) in [4.78, 5) is 13.3. The molecule has 2 aromatic carbocycles. The molecule has 3 rings (SSSR count). The first-order chi connectivity index (χ1) is 13.1. The van der Waals surface area contributed by atoms with Gasteiger partial charge in [-0.3, -0.25) is 4.79 Å². The number of hydrogen-bond acceptors (Lipinski definition) is 3. The summed E-state index contributed by atoms with van der Waals surface area (Å²) in [6.07, 6.45) is -4.50. The van der Waals surface area contributed by atoms with E-state index in [1.165, 1.54) is 4.90 Å². The van der Waals surface area contributed by atoms with Crippen LogP contribution in [-0.2, 0) is 21.0 Å². The van der Waals surface area contributed by atoms with Crippen LogP contribution in [0.1, 0.15) is 12.0 Å². The molecule has 1 N–H and O–H groups in total. The maximum absolute atomic E-state index is 12.8. The van der Waals surface area contributed by atoms with Crippen molar-refractivity contribution in [1.82, 2.24) is 4.72 Å². The highest BCUT2D eigenvalue weighted by atomic mass is 35.5. The van der Waals surface area contributed by atoms with E-state index in [9.17, 15) is 26.4 Å². The monoisotopic (exact) mass is 432 g/mol. The summed E-state index contributed by atoms with van der Waals surface area (Å²) in [7, 11) is -4.13. The third-order valence-electron chi connectivity index (χ3n) is 4.38. The number of alkyl halides is 3. The second-order valence-corrected chi connectivity index (χ2v) is 8.63. The fourth-order valence-electron chi connectivity index (χ4n) is 2.94. The van der Waals surface area contributed by atoms with Gasteiger partial charge in [0.15, 0.2) is 0 Å². The summed E-state index contributed by atoms with van der Waals surface area (Å²) in [6, 6.07) is 10.2. The van der Waals surface area contributed by atoms with E-state index in [1.54, 1.807) is 24.3 Å². The van der Waals surface area contributed by atoms with Crippen LogP contribution in [0, 0.1) is 5.92 Å². The van der Waals surface area contributed by atoms with Crippen molar-refractivity contribution in [3.05, 3.63) is 59.1 Å².